The molecular formula is C18H25N3. The minimum Gasteiger partial charge on any atom is -0.382 e. The lowest BCUT2D eigenvalue weighted by atomic mass is 9.79. The summed E-state index contributed by atoms with van der Waals surface area (Å²) in [5.41, 5.74) is 2.58. The molecule has 1 aromatic heterocycles. The van der Waals surface area contributed by atoms with Crippen molar-refractivity contribution in [3.8, 4) is 0 Å². The lowest BCUT2D eigenvalue weighted by Gasteiger charge is -2.33. The Balaban J connectivity index is 1.70. The predicted octanol–water partition coefficient (Wildman–Crippen LogP) is 4.17. The zero-order valence-electron chi connectivity index (χ0n) is 13.0. The third-order valence-corrected chi connectivity index (χ3v) is 4.87. The molecule has 3 unspecified atom stereocenters. The third-order valence-electron chi connectivity index (χ3n) is 4.87. The van der Waals surface area contributed by atoms with Crippen molar-refractivity contribution in [2.45, 2.75) is 45.7 Å². The zero-order chi connectivity index (χ0) is 14.7. The zero-order valence-corrected chi connectivity index (χ0v) is 13.0. The normalized spacial score (nSPS) is 25.7. The molecule has 3 heteroatoms. The van der Waals surface area contributed by atoms with Crippen molar-refractivity contribution in [3.05, 3.63) is 48.3 Å². The molecule has 0 saturated heterocycles. The van der Waals surface area contributed by atoms with E-state index in [2.05, 4.69) is 48.5 Å². The van der Waals surface area contributed by atoms with Gasteiger partial charge in [-0.25, -0.2) is 0 Å². The van der Waals surface area contributed by atoms with Crippen molar-refractivity contribution >= 4 is 5.69 Å². The summed E-state index contributed by atoms with van der Waals surface area (Å²) in [5, 5.41) is 8.08. The van der Waals surface area contributed by atoms with Crippen LogP contribution in [0.5, 0.6) is 0 Å². The molecule has 21 heavy (non-hydrogen) atoms. The van der Waals surface area contributed by atoms with Gasteiger partial charge >= 0.3 is 0 Å². The fraction of sp³-hybridized carbons (Fsp3) is 0.500. The number of rotatable bonds is 4. The van der Waals surface area contributed by atoms with Gasteiger partial charge in [-0.15, -0.1) is 0 Å². The summed E-state index contributed by atoms with van der Waals surface area (Å²) in [6, 6.07) is 11.2. The average Bonchev–Trinajstić information content (AvgIpc) is 2.98. The Morgan fingerprint density at radius 3 is 2.76 bits per heavy atom. The maximum absolute atomic E-state index is 4.31. The van der Waals surface area contributed by atoms with Crippen LogP contribution in [0.1, 0.15) is 38.7 Å². The number of anilines is 1. The molecule has 0 amide bonds. The van der Waals surface area contributed by atoms with E-state index in [1.165, 1.54) is 30.5 Å². The molecule has 3 atom stereocenters. The van der Waals surface area contributed by atoms with Gasteiger partial charge in [0, 0.05) is 24.1 Å². The Morgan fingerprint density at radius 2 is 2.00 bits per heavy atom. The number of nitrogens with zero attached hydrogens (tertiary/aromatic N) is 2. The summed E-state index contributed by atoms with van der Waals surface area (Å²) in [7, 11) is 0. The van der Waals surface area contributed by atoms with E-state index in [0.717, 1.165) is 18.4 Å². The largest absolute Gasteiger partial charge is 0.382 e. The Hall–Kier alpha value is -1.77. The van der Waals surface area contributed by atoms with Crippen LogP contribution in [0.25, 0.3) is 0 Å². The molecule has 1 saturated carbocycles. The van der Waals surface area contributed by atoms with Crippen LogP contribution in [0.2, 0.25) is 0 Å². The van der Waals surface area contributed by atoms with Gasteiger partial charge in [-0.2, -0.15) is 5.10 Å². The summed E-state index contributed by atoms with van der Waals surface area (Å²) < 4.78 is 1.98. The monoisotopic (exact) mass is 283 g/mol. The topological polar surface area (TPSA) is 29.9 Å². The first-order valence-corrected chi connectivity index (χ1v) is 8.04. The second-order valence-corrected chi connectivity index (χ2v) is 6.47. The van der Waals surface area contributed by atoms with E-state index in [0.29, 0.717) is 6.04 Å². The smallest absolute Gasteiger partial charge is 0.0679 e. The van der Waals surface area contributed by atoms with Gasteiger partial charge < -0.3 is 5.32 Å². The fourth-order valence-electron chi connectivity index (χ4n) is 3.27. The number of hydrogen-bond donors (Lipinski definition) is 1. The molecule has 2 aromatic rings. The molecule has 0 spiro atoms. The van der Waals surface area contributed by atoms with Crippen molar-refractivity contribution in [2.24, 2.45) is 11.8 Å². The molecule has 1 heterocycles. The highest BCUT2D eigenvalue weighted by atomic mass is 15.3. The van der Waals surface area contributed by atoms with Crippen molar-refractivity contribution in [1.29, 1.82) is 0 Å². The van der Waals surface area contributed by atoms with Crippen molar-refractivity contribution < 1.29 is 0 Å². The van der Waals surface area contributed by atoms with Crippen LogP contribution in [-0.2, 0) is 6.54 Å². The molecule has 1 aromatic carbocycles. The van der Waals surface area contributed by atoms with E-state index in [-0.39, 0.29) is 0 Å². The number of aromatic nitrogens is 2. The SMILES string of the molecule is CC1CCC(Nc2ccccc2Cn2cccn2)CC1C. The van der Waals surface area contributed by atoms with Crippen LogP contribution in [0.4, 0.5) is 5.69 Å². The summed E-state index contributed by atoms with van der Waals surface area (Å²) in [6.45, 7) is 5.59. The molecular weight excluding hydrogens is 258 g/mol. The van der Waals surface area contributed by atoms with Gasteiger partial charge in [0.15, 0.2) is 0 Å². The molecule has 0 radical (unpaired) electrons. The second-order valence-electron chi connectivity index (χ2n) is 6.47. The summed E-state index contributed by atoms with van der Waals surface area (Å²) in [5.74, 6) is 1.68. The third kappa shape index (κ3) is 3.46. The lowest BCUT2D eigenvalue weighted by Crippen LogP contribution is -2.30. The average molecular weight is 283 g/mol. The van der Waals surface area contributed by atoms with E-state index in [9.17, 15) is 0 Å². The Bertz CT molecular complexity index is 562. The van der Waals surface area contributed by atoms with Crippen LogP contribution in [-0.4, -0.2) is 15.8 Å². The Kier molecular flexibility index (Phi) is 4.28. The highest BCUT2D eigenvalue weighted by Crippen LogP contribution is 2.31. The van der Waals surface area contributed by atoms with Crippen LogP contribution in [0, 0.1) is 11.8 Å². The van der Waals surface area contributed by atoms with E-state index >= 15 is 0 Å². The highest BCUT2D eigenvalue weighted by Gasteiger charge is 2.24. The molecule has 1 aliphatic rings. The van der Waals surface area contributed by atoms with Gasteiger partial charge in [-0.3, -0.25) is 4.68 Å². The number of para-hydroxylation sites is 1. The van der Waals surface area contributed by atoms with Crippen LogP contribution < -0.4 is 5.32 Å². The first-order valence-electron chi connectivity index (χ1n) is 8.04. The lowest BCUT2D eigenvalue weighted by molar-refractivity contribution is 0.261. The van der Waals surface area contributed by atoms with Gasteiger partial charge in [0.2, 0.25) is 0 Å². The summed E-state index contributed by atoms with van der Waals surface area (Å²) >= 11 is 0. The molecule has 0 bridgehead atoms. The van der Waals surface area contributed by atoms with Crippen LogP contribution in [0.3, 0.4) is 0 Å². The minimum atomic E-state index is 0.606. The maximum atomic E-state index is 4.31. The van der Waals surface area contributed by atoms with E-state index in [1.54, 1.807) is 0 Å². The standard InChI is InChI=1S/C18H25N3/c1-14-8-9-17(12-15(14)2)20-18-7-4-3-6-16(18)13-21-11-5-10-19-21/h3-7,10-11,14-15,17,20H,8-9,12-13H2,1-2H3. The van der Waals surface area contributed by atoms with Crippen LogP contribution >= 0.6 is 0 Å². The number of benzene rings is 1. The first kappa shape index (κ1) is 14.2. The fourth-order valence-corrected chi connectivity index (χ4v) is 3.27. The summed E-state index contributed by atoms with van der Waals surface area (Å²) in [4.78, 5) is 0. The number of hydrogen-bond acceptors (Lipinski definition) is 2. The maximum Gasteiger partial charge on any atom is 0.0679 e. The number of nitrogens with one attached hydrogen (secondary N) is 1. The van der Waals surface area contributed by atoms with E-state index in [4.69, 9.17) is 0 Å². The van der Waals surface area contributed by atoms with Gasteiger partial charge in [0.1, 0.15) is 0 Å². The van der Waals surface area contributed by atoms with E-state index in [1.807, 2.05) is 23.1 Å². The Morgan fingerprint density at radius 1 is 1.14 bits per heavy atom. The molecule has 112 valence electrons. The molecule has 1 aliphatic carbocycles. The molecule has 1 N–H and O–H groups in total. The molecule has 3 nitrogen and oxygen atoms in total. The quantitative estimate of drug-likeness (QED) is 0.912. The van der Waals surface area contributed by atoms with Crippen molar-refractivity contribution in [3.63, 3.8) is 0 Å². The van der Waals surface area contributed by atoms with Gasteiger partial charge in [-0.1, -0.05) is 32.0 Å². The Labute approximate surface area is 127 Å². The van der Waals surface area contributed by atoms with Gasteiger partial charge in [-0.05, 0) is 48.8 Å². The minimum absolute atomic E-state index is 0.606. The predicted molar refractivity (Wildman–Crippen MR) is 87.4 cm³/mol. The van der Waals surface area contributed by atoms with Crippen molar-refractivity contribution in [2.75, 3.05) is 5.32 Å². The first-order chi connectivity index (χ1) is 10.2. The highest BCUT2D eigenvalue weighted by molar-refractivity contribution is 5.51. The van der Waals surface area contributed by atoms with Crippen molar-refractivity contribution in [1.82, 2.24) is 9.78 Å². The summed E-state index contributed by atoms with van der Waals surface area (Å²) in [6.07, 6.45) is 7.74. The molecule has 1 fully saturated rings. The van der Waals surface area contributed by atoms with E-state index < -0.39 is 0 Å². The second kappa shape index (κ2) is 6.33. The molecule has 0 aliphatic heterocycles. The van der Waals surface area contributed by atoms with Gasteiger partial charge in [0.05, 0.1) is 6.54 Å². The van der Waals surface area contributed by atoms with Gasteiger partial charge in [0.25, 0.3) is 0 Å². The molecule has 3 rings (SSSR count). The van der Waals surface area contributed by atoms with Crippen LogP contribution in [0.15, 0.2) is 42.7 Å².